The highest BCUT2D eigenvalue weighted by Crippen LogP contribution is 2.38. The Morgan fingerprint density at radius 2 is 1.90 bits per heavy atom. The highest BCUT2D eigenvalue weighted by molar-refractivity contribution is 6.09. The molecule has 0 bridgehead atoms. The van der Waals surface area contributed by atoms with Crippen molar-refractivity contribution in [1.82, 2.24) is 20.0 Å². The molecule has 1 aromatic heterocycles. The Labute approximate surface area is 169 Å². The smallest absolute Gasteiger partial charge is 0.325 e. The van der Waals surface area contributed by atoms with Gasteiger partial charge in [0.1, 0.15) is 12.1 Å². The summed E-state index contributed by atoms with van der Waals surface area (Å²) in [6.07, 6.45) is 4.90. The molecule has 4 rings (SSSR count). The standard InChI is InChI=1S/C20H26N4O5/c1-14-5-2-3-7-20(14)18(27)24(19(28)21-20)13-16(25)22-8-10-23(11-9-22)17(26)15-6-4-12-29-15/h4,6,12,14H,2-3,5,7-11,13H2,1H3,(H,21,28)/t14-,20-/m0/s1. The number of piperazine rings is 1. The number of nitrogens with zero attached hydrogens (tertiary/aromatic N) is 3. The highest BCUT2D eigenvalue weighted by atomic mass is 16.3. The Kier molecular flexibility index (Phi) is 5.06. The van der Waals surface area contributed by atoms with Crippen LogP contribution < -0.4 is 5.32 Å². The second kappa shape index (κ2) is 7.53. The second-order valence-electron chi connectivity index (χ2n) is 8.09. The first-order valence-electron chi connectivity index (χ1n) is 10.2. The van der Waals surface area contributed by atoms with E-state index in [1.165, 1.54) is 6.26 Å². The molecule has 2 atom stereocenters. The van der Waals surface area contributed by atoms with Crippen LogP contribution in [0, 0.1) is 5.92 Å². The maximum absolute atomic E-state index is 13.0. The van der Waals surface area contributed by atoms with Crippen molar-refractivity contribution < 1.29 is 23.6 Å². The van der Waals surface area contributed by atoms with E-state index >= 15 is 0 Å². The summed E-state index contributed by atoms with van der Waals surface area (Å²) in [6, 6.07) is 2.79. The predicted octanol–water partition coefficient (Wildman–Crippen LogP) is 1.06. The molecular formula is C20H26N4O5. The van der Waals surface area contributed by atoms with Crippen LogP contribution in [0.25, 0.3) is 0 Å². The molecule has 2 aliphatic heterocycles. The minimum Gasteiger partial charge on any atom is -0.459 e. The van der Waals surface area contributed by atoms with E-state index in [4.69, 9.17) is 4.42 Å². The number of amides is 5. The van der Waals surface area contributed by atoms with E-state index in [0.29, 0.717) is 32.6 Å². The first-order valence-corrected chi connectivity index (χ1v) is 10.2. The highest BCUT2D eigenvalue weighted by Gasteiger charge is 2.55. The average Bonchev–Trinajstić information content (AvgIpc) is 3.34. The van der Waals surface area contributed by atoms with Gasteiger partial charge in [0.15, 0.2) is 5.76 Å². The van der Waals surface area contributed by atoms with Crippen LogP contribution in [0.2, 0.25) is 0 Å². The van der Waals surface area contributed by atoms with Gasteiger partial charge in [-0.25, -0.2) is 4.79 Å². The van der Waals surface area contributed by atoms with Crippen molar-refractivity contribution in [3.63, 3.8) is 0 Å². The molecule has 1 aliphatic carbocycles. The lowest BCUT2D eigenvalue weighted by Crippen LogP contribution is -2.55. The molecule has 0 aromatic carbocycles. The van der Waals surface area contributed by atoms with Crippen molar-refractivity contribution in [2.45, 2.75) is 38.1 Å². The van der Waals surface area contributed by atoms with Crippen molar-refractivity contribution in [3.8, 4) is 0 Å². The van der Waals surface area contributed by atoms with Crippen molar-refractivity contribution >= 4 is 23.8 Å². The Hall–Kier alpha value is -2.84. The number of carbonyl (C=O) groups is 4. The molecule has 3 fully saturated rings. The number of nitrogens with one attached hydrogen (secondary N) is 1. The largest absolute Gasteiger partial charge is 0.459 e. The normalized spacial score (nSPS) is 27.5. The van der Waals surface area contributed by atoms with E-state index in [0.717, 1.165) is 24.2 Å². The van der Waals surface area contributed by atoms with E-state index in [1.54, 1.807) is 21.9 Å². The summed E-state index contributed by atoms with van der Waals surface area (Å²) < 4.78 is 5.14. The van der Waals surface area contributed by atoms with Gasteiger partial charge in [0.25, 0.3) is 11.8 Å². The Bertz CT molecular complexity index is 815. The summed E-state index contributed by atoms with van der Waals surface area (Å²) in [6.45, 7) is 3.20. The SMILES string of the molecule is C[C@H]1CCCC[C@]12NC(=O)N(CC(=O)N1CCN(C(=O)c3ccco3)CC1)C2=O. The molecule has 3 aliphatic rings. The lowest BCUT2D eigenvalue weighted by molar-refractivity contribution is -0.141. The van der Waals surface area contributed by atoms with E-state index in [9.17, 15) is 19.2 Å². The Morgan fingerprint density at radius 3 is 2.55 bits per heavy atom. The van der Waals surface area contributed by atoms with E-state index in [-0.39, 0.29) is 35.9 Å². The molecule has 1 aromatic rings. The van der Waals surface area contributed by atoms with Crippen LogP contribution in [0.5, 0.6) is 0 Å². The van der Waals surface area contributed by atoms with Crippen LogP contribution in [-0.2, 0) is 9.59 Å². The second-order valence-corrected chi connectivity index (χ2v) is 8.09. The molecule has 2 saturated heterocycles. The zero-order chi connectivity index (χ0) is 20.6. The molecule has 9 heteroatoms. The number of imide groups is 1. The monoisotopic (exact) mass is 402 g/mol. The summed E-state index contributed by atoms with van der Waals surface area (Å²) in [5, 5.41) is 2.87. The summed E-state index contributed by atoms with van der Waals surface area (Å²) in [5.74, 6) is -0.432. The van der Waals surface area contributed by atoms with E-state index in [1.807, 2.05) is 6.92 Å². The van der Waals surface area contributed by atoms with Crippen molar-refractivity contribution in [2.24, 2.45) is 5.92 Å². The quantitative estimate of drug-likeness (QED) is 0.762. The fourth-order valence-electron chi connectivity index (χ4n) is 4.59. The number of carbonyl (C=O) groups excluding carboxylic acids is 4. The first kappa shape index (κ1) is 19.5. The van der Waals surface area contributed by atoms with Gasteiger partial charge in [-0.1, -0.05) is 19.8 Å². The molecular weight excluding hydrogens is 376 g/mol. The molecule has 1 saturated carbocycles. The van der Waals surface area contributed by atoms with Gasteiger partial charge in [0.05, 0.1) is 6.26 Å². The van der Waals surface area contributed by atoms with Gasteiger partial charge in [0.2, 0.25) is 5.91 Å². The molecule has 5 amide bonds. The van der Waals surface area contributed by atoms with Crippen LogP contribution in [0.3, 0.4) is 0 Å². The molecule has 1 spiro atoms. The minimum absolute atomic E-state index is 0.0592. The molecule has 9 nitrogen and oxygen atoms in total. The molecule has 1 N–H and O–H groups in total. The minimum atomic E-state index is -0.857. The third kappa shape index (κ3) is 3.38. The van der Waals surface area contributed by atoms with Gasteiger partial charge in [-0.05, 0) is 30.9 Å². The maximum atomic E-state index is 13.0. The Balaban J connectivity index is 1.35. The fraction of sp³-hybridized carbons (Fsp3) is 0.600. The number of rotatable bonds is 3. The summed E-state index contributed by atoms with van der Waals surface area (Å²) in [5.41, 5.74) is -0.857. The summed E-state index contributed by atoms with van der Waals surface area (Å²) in [4.78, 5) is 54.8. The van der Waals surface area contributed by atoms with Gasteiger partial charge in [-0.15, -0.1) is 0 Å². The molecule has 3 heterocycles. The summed E-state index contributed by atoms with van der Waals surface area (Å²) >= 11 is 0. The van der Waals surface area contributed by atoms with Crippen LogP contribution in [0.4, 0.5) is 4.79 Å². The van der Waals surface area contributed by atoms with Crippen molar-refractivity contribution in [2.75, 3.05) is 32.7 Å². The Morgan fingerprint density at radius 1 is 1.17 bits per heavy atom. The van der Waals surface area contributed by atoms with Crippen LogP contribution in [0.15, 0.2) is 22.8 Å². The maximum Gasteiger partial charge on any atom is 0.325 e. The number of hydrogen-bond donors (Lipinski definition) is 1. The van der Waals surface area contributed by atoms with E-state index in [2.05, 4.69) is 5.32 Å². The van der Waals surface area contributed by atoms with Crippen LogP contribution >= 0.6 is 0 Å². The van der Waals surface area contributed by atoms with Gasteiger partial charge in [-0.3, -0.25) is 19.3 Å². The van der Waals surface area contributed by atoms with Crippen LogP contribution in [0.1, 0.15) is 43.2 Å². The zero-order valence-electron chi connectivity index (χ0n) is 16.6. The first-order chi connectivity index (χ1) is 13.9. The fourth-order valence-corrected chi connectivity index (χ4v) is 4.59. The lowest BCUT2D eigenvalue weighted by Gasteiger charge is -2.37. The molecule has 156 valence electrons. The topological polar surface area (TPSA) is 103 Å². The van der Waals surface area contributed by atoms with Gasteiger partial charge in [0, 0.05) is 26.2 Å². The van der Waals surface area contributed by atoms with Gasteiger partial charge >= 0.3 is 6.03 Å². The third-order valence-corrected chi connectivity index (χ3v) is 6.45. The van der Waals surface area contributed by atoms with Gasteiger partial charge < -0.3 is 19.5 Å². The number of hydrogen-bond acceptors (Lipinski definition) is 5. The van der Waals surface area contributed by atoms with Crippen molar-refractivity contribution in [1.29, 1.82) is 0 Å². The molecule has 0 unspecified atom stereocenters. The van der Waals surface area contributed by atoms with Crippen LogP contribution in [-0.4, -0.2) is 76.7 Å². The van der Waals surface area contributed by atoms with Crippen molar-refractivity contribution in [3.05, 3.63) is 24.2 Å². The zero-order valence-corrected chi connectivity index (χ0v) is 16.6. The predicted molar refractivity (Wildman–Crippen MR) is 102 cm³/mol. The lowest BCUT2D eigenvalue weighted by atomic mass is 9.73. The number of urea groups is 1. The van der Waals surface area contributed by atoms with Gasteiger partial charge in [-0.2, -0.15) is 0 Å². The molecule has 29 heavy (non-hydrogen) atoms. The number of furan rings is 1. The van der Waals surface area contributed by atoms with E-state index < -0.39 is 11.6 Å². The molecule has 0 radical (unpaired) electrons. The average molecular weight is 402 g/mol. The third-order valence-electron chi connectivity index (χ3n) is 6.45. The summed E-state index contributed by atoms with van der Waals surface area (Å²) in [7, 11) is 0.